The summed E-state index contributed by atoms with van der Waals surface area (Å²) in [7, 11) is 0. The summed E-state index contributed by atoms with van der Waals surface area (Å²) in [6, 6.07) is 7.48. The number of rotatable bonds is 4. The molecule has 140 valence electrons. The van der Waals surface area contributed by atoms with Crippen molar-refractivity contribution in [1.29, 1.82) is 0 Å². The maximum Gasteiger partial charge on any atom is 0.325 e. The van der Waals surface area contributed by atoms with Crippen molar-refractivity contribution in [2.45, 2.75) is 56.5 Å². The van der Waals surface area contributed by atoms with Gasteiger partial charge in [-0.05, 0) is 56.3 Å². The summed E-state index contributed by atoms with van der Waals surface area (Å²) < 4.78 is 0. The molecule has 3 fully saturated rings. The maximum absolute atomic E-state index is 13.6. The fourth-order valence-corrected chi connectivity index (χ4v) is 5.11. The Morgan fingerprint density at radius 3 is 2.46 bits per heavy atom. The van der Waals surface area contributed by atoms with Crippen LogP contribution in [0, 0.1) is 5.92 Å². The van der Waals surface area contributed by atoms with Crippen LogP contribution in [0.2, 0.25) is 5.02 Å². The fraction of sp³-hybridized carbons (Fsp3) is 0.600. The molecule has 2 saturated heterocycles. The van der Waals surface area contributed by atoms with E-state index in [4.69, 9.17) is 11.6 Å². The van der Waals surface area contributed by atoms with Crippen LogP contribution in [0.15, 0.2) is 24.3 Å². The highest BCUT2D eigenvalue weighted by molar-refractivity contribution is 6.31. The molecule has 6 heteroatoms. The van der Waals surface area contributed by atoms with Crippen molar-refractivity contribution in [3.8, 4) is 0 Å². The lowest BCUT2D eigenvalue weighted by Gasteiger charge is -2.38. The monoisotopic (exact) mass is 375 g/mol. The molecular formula is C20H26ClN3O2. The van der Waals surface area contributed by atoms with Crippen molar-refractivity contribution >= 4 is 23.5 Å². The highest BCUT2D eigenvalue weighted by atomic mass is 35.5. The van der Waals surface area contributed by atoms with Gasteiger partial charge in [0.25, 0.3) is 5.91 Å². The number of nitrogens with zero attached hydrogens (tertiary/aromatic N) is 1. The standard InChI is InChI=1S/C20H26ClN3O2/c21-17-8-4-1-5-14(17)13-20(15-9-11-22-12-10-15)18(25)24(19(26)23-20)16-6-2-3-7-16/h1,4-5,8,15-16,22H,2-3,6-7,9-13H2,(H,23,26)/t20-/m1/s1. The Morgan fingerprint density at radius 1 is 1.08 bits per heavy atom. The van der Waals surface area contributed by atoms with Crippen molar-refractivity contribution < 1.29 is 9.59 Å². The Bertz CT molecular complexity index is 698. The molecule has 2 heterocycles. The Labute approximate surface area is 159 Å². The van der Waals surface area contributed by atoms with E-state index in [1.807, 2.05) is 24.3 Å². The second-order valence-electron chi connectivity index (χ2n) is 7.81. The zero-order chi connectivity index (χ0) is 18.1. The predicted molar refractivity (Wildman–Crippen MR) is 101 cm³/mol. The first-order chi connectivity index (χ1) is 12.6. The number of urea groups is 1. The highest BCUT2D eigenvalue weighted by Gasteiger charge is 2.57. The van der Waals surface area contributed by atoms with Crippen molar-refractivity contribution in [2.75, 3.05) is 13.1 Å². The number of carbonyl (C=O) groups is 2. The molecule has 2 N–H and O–H groups in total. The SMILES string of the molecule is O=C1N[C@](Cc2ccccc2Cl)(C2CCNCC2)C(=O)N1C1CCCC1. The third kappa shape index (κ3) is 3.01. The summed E-state index contributed by atoms with van der Waals surface area (Å²) in [4.78, 5) is 28.0. The highest BCUT2D eigenvalue weighted by Crippen LogP contribution is 2.39. The van der Waals surface area contributed by atoms with Gasteiger partial charge >= 0.3 is 6.03 Å². The number of halogens is 1. The van der Waals surface area contributed by atoms with Gasteiger partial charge in [0.2, 0.25) is 0 Å². The minimum absolute atomic E-state index is 0.0405. The molecule has 0 bridgehead atoms. The van der Waals surface area contributed by atoms with Gasteiger partial charge in [-0.3, -0.25) is 9.69 Å². The van der Waals surface area contributed by atoms with E-state index in [0.717, 1.165) is 57.2 Å². The van der Waals surface area contributed by atoms with Crippen LogP contribution in [-0.2, 0) is 11.2 Å². The number of piperidine rings is 1. The number of nitrogens with one attached hydrogen (secondary N) is 2. The Balaban J connectivity index is 1.70. The van der Waals surface area contributed by atoms with Gasteiger partial charge in [0.05, 0.1) is 0 Å². The van der Waals surface area contributed by atoms with Crippen molar-refractivity contribution in [3.63, 3.8) is 0 Å². The summed E-state index contributed by atoms with van der Waals surface area (Å²) in [5, 5.41) is 7.15. The lowest BCUT2D eigenvalue weighted by molar-refractivity contribution is -0.135. The maximum atomic E-state index is 13.6. The van der Waals surface area contributed by atoms with Gasteiger partial charge in [0.15, 0.2) is 0 Å². The smallest absolute Gasteiger partial charge is 0.322 e. The molecular weight excluding hydrogens is 350 g/mol. The van der Waals surface area contributed by atoms with E-state index in [0.29, 0.717) is 11.4 Å². The van der Waals surface area contributed by atoms with Gasteiger partial charge in [-0.15, -0.1) is 0 Å². The topological polar surface area (TPSA) is 61.4 Å². The first-order valence-electron chi connectivity index (χ1n) is 9.72. The van der Waals surface area contributed by atoms with Crippen molar-refractivity contribution in [2.24, 2.45) is 5.92 Å². The van der Waals surface area contributed by atoms with Crippen molar-refractivity contribution in [3.05, 3.63) is 34.9 Å². The molecule has 26 heavy (non-hydrogen) atoms. The molecule has 0 radical (unpaired) electrons. The molecule has 1 saturated carbocycles. The Kier molecular flexibility index (Phi) is 4.93. The van der Waals surface area contributed by atoms with Crippen LogP contribution in [0.4, 0.5) is 4.79 Å². The van der Waals surface area contributed by atoms with E-state index in [1.54, 1.807) is 0 Å². The number of hydrogen-bond donors (Lipinski definition) is 2. The van der Waals surface area contributed by atoms with Crippen molar-refractivity contribution in [1.82, 2.24) is 15.5 Å². The summed E-state index contributed by atoms with van der Waals surface area (Å²) in [5.41, 5.74) is 0.0573. The van der Waals surface area contributed by atoms with Crippen LogP contribution in [0.25, 0.3) is 0 Å². The molecule has 2 aliphatic heterocycles. The zero-order valence-corrected chi connectivity index (χ0v) is 15.7. The largest absolute Gasteiger partial charge is 0.325 e. The first-order valence-corrected chi connectivity index (χ1v) is 10.1. The van der Waals surface area contributed by atoms with E-state index in [2.05, 4.69) is 10.6 Å². The number of carbonyl (C=O) groups excluding carboxylic acids is 2. The minimum atomic E-state index is -0.868. The zero-order valence-electron chi connectivity index (χ0n) is 15.0. The van der Waals surface area contributed by atoms with Gasteiger partial charge in [-0.1, -0.05) is 42.6 Å². The van der Waals surface area contributed by atoms with E-state index >= 15 is 0 Å². The molecule has 1 aromatic carbocycles. The van der Waals surface area contributed by atoms with Crippen LogP contribution in [0.1, 0.15) is 44.1 Å². The summed E-state index contributed by atoms with van der Waals surface area (Å²) in [6.45, 7) is 1.75. The van der Waals surface area contributed by atoms with Gasteiger partial charge in [-0.25, -0.2) is 4.79 Å². The molecule has 1 atom stereocenters. The summed E-state index contributed by atoms with van der Waals surface area (Å²) >= 11 is 6.40. The van der Waals surface area contributed by atoms with Crippen LogP contribution in [0.3, 0.4) is 0 Å². The van der Waals surface area contributed by atoms with Gasteiger partial charge < -0.3 is 10.6 Å². The first kappa shape index (κ1) is 17.8. The molecule has 1 aromatic rings. The van der Waals surface area contributed by atoms with Crippen LogP contribution in [-0.4, -0.2) is 41.5 Å². The fourth-order valence-electron chi connectivity index (χ4n) is 4.90. The van der Waals surface area contributed by atoms with Gasteiger partial charge in [-0.2, -0.15) is 0 Å². The molecule has 5 nitrogen and oxygen atoms in total. The van der Waals surface area contributed by atoms with Gasteiger partial charge in [0, 0.05) is 17.5 Å². The molecule has 3 amide bonds. The van der Waals surface area contributed by atoms with E-state index < -0.39 is 5.54 Å². The molecule has 3 aliphatic rings. The lowest BCUT2D eigenvalue weighted by atomic mass is 9.74. The third-order valence-corrected chi connectivity index (χ3v) is 6.67. The lowest BCUT2D eigenvalue weighted by Crippen LogP contribution is -2.57. The minimum Gasteiger partial charge on any atom is -0.322 e. The molecule has 0 unspecified atom stereocenters. The second kappa shape index (κ2) is 7.20. The summed E-state index contributed by atoms with van der Waals surface area (Å²) in [6.07, 6.45) is 6.26. The van der Waals surface area contributed by atoms with Crippen LogP contribution >= 0.6 is 11.6 Å². The van der Waals surface area contributed by atoms with Crippen LogP contribution in [0.5, 0.6) is 0 Å². The number of imide groups is 1. The van der Waals surface area contributed by atoms with E-state index in [-0.39, 0.29) is 23.9 Å². The molecule has 0 spiro atoms. The number of amides is 3. The number of benzene rings is 1. The average molecular weight is 376 g/mol. The summed E-state index contributed by atoms with van der Waals surface area (Å²) in [5.74, 6) is 0.0871. The van der Waals surface area contributed by atoms with Gasteiger partial charge in [0.1, 0.15) is 5.54 Å². The molecule has 4 rings (SSSR count). The normalized spacial score (nSPS) is 28.0. The Hall–Kier alpha value is -1.59. The van der Waals surface area contributed by atoms with E-state index in [9.17, 15) is 9.59 Å². The average Bonchev–Trinajstić information content (AvgIpc) is 3.25. The Morgan fingerprint density at radius 2 is 1.77 bits per heavy atom. The second-order valence-corrected chi connectivity index (χ2v) is 8.21. The van der Waals surface area contributed by atoms with Crippen LogP contribution < -0.4 is 10.6 Å². The quantitative estimate of drug-likeness (QED) is 0.795. The van der Waals surface area contributed by atoms with E-state index in [1.165, 1.54) is 4.90 Å². The third-order valence-electron chi connectivity index (χ3n) is 6.30. The number of hydrogen-bond acceptors (Lipinski definition) is 3. The molecule has 1 aliphatic carbocycles. The molecule has 0 aromatic heterocycles. The predicted octanol–water partition coefficient (Wildman–Crippen LogP) is 3.12.